The van der Waals surface area contributed by atoms with Crippen molar-refractivity contribution >= 4 is 54.2 Å². The van der Waals surface area contributed by atoms with Crippen LogP contribution in [0.2, 0.25) is 0 Å². The van der Waals surface area contributed by atoms with Gasteiger partial charge in [0.2, 0.25) is 0 Å². The van der Waals surface area contributed by atoms with Gasteiger partial charge in [-0.05, 0) is 167 Å². The number of anilines is 8. The second-order valence-electron chi connectivity index (χ2n) is 18.5. The van der Waals surface area contributed by atoms with Crippen molar-refractivity contribution in [2.45, 2.75) is 27.7 Å². The zero-order chi connectivity index (χ0) is 46.6. The van der Waals surface area contributed by atoms with Crippen molar-refractivity contribution in [3.8, 4) is 44.5 Å². The van der Waals surface area contributed by atoms with Gasteiger partial charge in [-0.25, -0.2) is 0 Å². The molecule has 12 rings (SSSR count). The summed E-state index contributed by atoms with van der Waals surface area (Å²) < 4.78 is 11.1. The van der Waals surface area contributed by atoms with E-state index in [2.05, 4.69) is 289 Å². The highest BCUT2D eigenvalue weighted by Gasteiger charge is 2.70. The highest BCUT2D eigenvalue weighted by Crippen LogP contribution is 2.63. The summed E-state index contributed by atoms with van der Waals surface area (Å²) in [5, 5.41) is 0. The summed E-state index contributed by atoms with van der Waals surface area (Å²) in [5.74, 6) is 0. The lowest BCUT2D eigenvalue weighted by Crippen LogP contribution is -2.76. The van der Waals surface area contributed by atoms with Gasteiger partial charge >= 0.3 is 8.72 Å². The van der Waals surface area contributed by atoms with E-state index in [0.29, 0.717) is 0 Å². The van der Waals surface area contributed by atoms with Crippen molar-refractivity contribution in [2.75, 3.05) is 18.3 Å². The molecule has 69 heavy (non-hydrogen) atoms. The topological polar surface area (TPSA) is 13.0 Å². The maximum atomic E-state index is 2.77. The van der Waals surface area contributed by atoms with Crippen LogP contribution in [0, 0.1) is 27.7 Å². The molecule has 2 aliphatic rings. The Hall–Kier alpha value is -8.38. The Bertz CT molecular complexity index is 3050. The minimum Gasteiger partial charge on any atom is -0.314 e. The SMILES string of the molecule is Cc1cc2c(cc1C)N(c1cccc(-c3ccccc3)c1)[Si]1(N2c2cccc(-c3ccccc3)c2)N(c2cccc(-c3ccccc3)c2)c2cc(C)c(C)cc2N1c1cccc(-c2ccccc2)c1. The van der Waals surface area contributed by atoms with Crippen molar-refractivity contribution in [3.63, 3.8) is 0 Å². The third-order valence-electron chi connectivity index (χ3n) is 14.2. The van der Waals surface area contributed by atoms with E-state index in [-0.39, 0.29) is 0 Å². The molecule has 0 saturated heterocycles. The fraction of sp³-hybridized carbons (Fsp3) is 0.0625. The maximum absolute atomic E-state index is 3.81. The van der Waals surface area contributed by atoms with Crippen LogP contribution in [0.15, 0.2) is 243 Å². The quantitative estimate of drug-likeness (QED) is 0.141. The molecule has 10 aromatic carbocycles. The van der Waals surface area contributed by atoms with E-state index in [9.17, 15) is 0 Å². The van der Waals surface area contributed by atoms with E-state index in [1.807, 2.05) is 0 Å². The van der Waals surface area contributed by atoms with Gasteiger partial charge in [-0.1, -0.05) is 170 Å². The van der Waals surface area contributed by atoms with E-state index in [1.165, 1.54) is 89.5 Å². The van der Waals surface area contributed by atoms with E-state index >= 15 is 0 Å². The Labute approximate surface area is 407 Å². The molecule has 0 fully saturated rings. The molecule has 0 aromatic heterocycles. The monoisotopic (exact) mass is 904 g/mol. The van der Waals surface area contributed by atoms with E-state index < -0.39 is 8.72 Å². The zero-order valence-electron chi connectivity index (χ0n) is 39.4. The highest BCUT2D eigenvalue weighted by molar-refractivity contribution is 6.99. The number of aryl methyl sites for hydroxylation is 4. The third-order valence-corrected chi connectivity index (χ3v) is 18.6. The van der Waals surface area contributed by atoms with Gasteiger partial charge in [-0.2, -0.15) is 0 Å². The van der Waals surface area contributed by atoms with Crippen molar-refractivity contribution in [1.82, 2.24) is 0 Å². The number of benzene rings is 10. The minimum absolute atomic E-state index is 1.13. The van der Waals surface area contributed by atoms with Gasteiger partial charge in [-0.3, -0.25) is 0 Å². The Morgan fingerprint density at radius 1 is 0.217 bits per heavy atom. The Morgan fingerprint density at radius 2 is 0.420 bits per heavy atom. The molecule has 0 saturated carbocycles. The smallest absolute Gasteiger partial charge is 0.314 e. The van der Waals surface area contributed by atoms with Crippen LogP contribution in [0.4, 0.5) is 45.5 Å². The first kappa shape index (κ1) is 42.0. The van der Waals surface area contributed by atoms with Gasteiger partial charge < -0.3 is 18.3 Å². The molecule has 4 nitrogen and oxygen atoms in total. The Morgan fingerprint density at radius 3 is 0.638 bits per heavy atom. The summed E-state index contributed by atoms with van der Waals surface area (Å²) in [5.41, 5.74) is 23.6. The molecule has 0 unspecified atom stereocenters. The molecule has 2 heterocycles. The first-order valence-corrected chi connectivity index (χ1v) is 25.7. The average Bonchev–Trinajstić information content (AvgIpc) is 3.84. The second-order valence-corrected chi connectivity index (χ2v) is 21.4. The molecule has 5 heteroatoms. The Kier molecular flexibility index (Phi) is 10.4. The number of rotatable bonds is 8. The predicted octanol–water partition coefficient (Wildman–Crippen LogP) is 17.3. The van der Waals surface area contributed by atoms with Gasteiger partial charge in [0, 0.05) is 22.7 Å². The molecule has 0 atom stereocenters. The first-order valence-electron chi connectivity index (χ1n) is 23.9. The van der Waals surface area contributed by atoms with Gasteiger partial charge in [0.1, 0.15) is 0 Å². The molecule has 0 radical (unpaired) electrons. The molecule has 10 aromatic rings. The van der Waals surface area contributed by atoms with Crippen molar-refractivity contribution in [3.05, 3.63) is 265 Å². The lowest BCUT2D eigenvalue weighted by atomic mass is 10.0. The summed E-state index contributed by atoms with van der Waals surface area (Å²) in [7, 11) is -3.81. The molecular formula is C64H52N4Si. The van der Waals surface area contributed by atoms with Crippen molar-refractivity contribution in [2.24, 2.45) is 0 Å². The lowest BCUT2D eigenvalue weighted by Gasteiger charge is -2.49. The third kappa shape index (κ3) is 7.04. The van der Waals surface area contributed by atoms with Crippen LogP contribution in [0.5, 0.6) is 0 Å². The van der Waals surface area contributed by atoms with Crippen LogP contribution in [-0.2, 0) is 0 Å². The van der Waals surface area contributed by atoms with E-state index in [4.69, 9.17) is 0 Å². The zero-order valence-corrected chi connectivity index (χ0v) is 40.4. The van der Waals surface area contributed by atoms with Crippen LogP contribution in [0.1, 0.15) is 22.3 Å². The molecular weight excluding hydrogens is 853 g/mol. The molecule has 332 valence electrons. The van der Waals surface area contributed by atoms with E-state index in [1.54, 1.807) is 0 Å². The number of hydrogen-bond donors (Lipinski definition) is 0. The van der Waals surface area contributed by atoms with Gasteiger partial charge in [0.25, 0.3) is 0 Å². The summed E-state index contributed by atoms with van der Waals surface area (Å²) in [6.07, 6.45) is 0. The second kappa shape index (κ2) is 17.0. The normalized spacial score (nSPS) is 13.5. The first-order chi connectivity index (χ1) is 33.9. The fourth-order valence-electron chi connectivity index (χ4n) is 10.6. The van der Waals surface area contributed by atoms with Gasteiger partial charge in [0.05, 0.1) is 22.7 Å². The summed E-state index contributed by atoms with van der Waals surface area (Å²) in [4.78, 5) is 0. The minimum atomic E-state index is -3.81. The summed E-state index contributed by atoms with van der Waals surface area (Å²) in [6, 6.07) is 90.1. The van der Waals surface area contributed by atoms with E-state index in [0.717, 1.165) is 22.7 Å². The van der Waals surface area contributed by atoms with Crippen LogP contribution in [0.3, 0.4) is 0 Å². The van der Waals surface area contributed by atoms with Crippen molar-refractivity contribution < 1.29 is 0 Å². The highest BCUT2D eigenvalue weighted by atomic mass is 28.4. The fourth-order valence-corrected chi connectivity index (χ4v) is 15.8. The average molecular weight is 905 g/mol. The van der Waals surface area contributed by atoms with Crippen LogP contribution >= 0.6 is 0 Å². The Balaban J connectivity index is 1.25. The standard InChI is InChI=1S/C64H52N4Si/c1-45-37-61-62(38-46(45)2)66(58-34-18-30-54(42-58)50-23-11-6-12-24-50)69(65(61)57-33-17-29-53(41-57)49-21-9-5-10-22-49)67(59-35-19-31-55(43-59)51-25-13-7-14-26-51)63-39-47(3)48(4)40-64(63)68(69)60-36-20-32-56(44-60)52-27-15-8-16-28-52/h5-44H,1-4H3. The predicted molar refractivity (Wildman–Crippen MR) is 294 cm³/mol. The summed E-state index contributed by atoms with van der Waals surface area (Å²) >= 11 is 0. The number of fused-ring (bicyclic) bond motifs is 2. The molecule has 2 aliphatic heterocycles. The number of nitrogens with zero attached hydrogens (tertiary/aromatic N) is 4. The van der Waals surface area contributed by atoms with Crippen LogP contribution < -0.4 is 18.3 Å². The molecule has 0 amide bonds. The van der Waals surface area contributed by atoms with Crippen LogP contribution in [0.25, 0.3) is 44.5 Å². The maximum Gasteiger partial charge on any atom is 0.521 e. The number of hydrogen-bond acceptors (Lipinski definition) is 4. The molecule has 0 aliphatic carbocycles. The van der Waals surface area contributed by atoms with Gasteiger partial charge in [-0.15, -0.1) is 0 Å². The van der Waals surface area contributed by atoms with Crippen molar-refractivity contribution in [1.29, 1.82) is 0 Å². The summed E-state index contributed by atoms with van der Waals surface area (Å²) in [6.45, 7) is 9.05. The largest absolute Gasteiger partial charge is 0.521 e. The lowest BCUT2D eigenvalue weighted by molar-refractivity contribution is 1.18. The molecule has 0 N–H and O–H groups in total. The van der Waals surface area contributed by atoms with Crippen LogP contribution in [-0.4, -0.2) is 8.72 Å². The molecule has 0 bridgehead atoms. The molecule has 1 spiro atoms. The van der Waals surface area contributed by atoms with Gasteiger partial charge in [0.15, 0.2) is 0 Å².